The summed E-state index contributed by atoms with van der Waals surface area (Å²) in [6, 6.07) is 12.1. The third-order valence-electron chi connectivity index (χ3n) is 3.60. The fourth-order valence-electron chi connectivity index (χ4n) is 2.31. The highest BCUT2D eigenvalue weighted by molar-refractivity contribution is 6.10. The summed E-state index contributed by atoms with van der Waals surface area (Å²) in [4.78, 5) is 26.1. The van der Waals surface area contributed by atoms with Gasteiger partial charge in [0.05, 0.1) is 0 Å². The molecule has 2 aromatic rings. The Morgan fingerprint density at radius 1 is 1.00 bits per heavy atom. The zero-order chi connectivity index (χ0) is 15.7. The number of rotatable bonds is 2. The number of nitrogens with zero attached hydrogens (tertiary/aromatic N) is 1. The van der Waals surface area contributed by atoms with Crippen molar-refractivity contribution in [1.29, 1.82) is 0 Å². The van der Waals surface area contributed by atoms with Gasteiger partial charge in [-0.25, -0.2) is 0 Å². The van der Waals surface area contributed by atoms with Crippen molar-refractivity contribution in [1.82, 2.24) is 4.90 Å². The minimum absolute atomic E-state index is 0.144. The molecule has 0 saturated carbocycles. The van der Waals surface area contributed by atoms with Crippen LogP contribution < -0.4 is 9.47 Å². The standard InChI is InChI=1S/C17H15NO4/c1-11-5-3-4-6-13(11)17(20)18(2)16(19)12-7-8-14-15(9-12)22-10-21-14/h3-9H,10H2,1-2H3. The smallest absolute Gasteiger partial charge is 0.260 e. The van der Waals surface area contributed by atoms with Gasteiger partial charge in [0.25, 0.3) is 11.8 Å². The molecule has 0 fully saturated rings. The molecule has 0 N–H and O–H groups in total. The zero-order valence-electron chi connectivity index (χ0n) is 12.3. The molecule has 0 aliphatic carbocycles. The van der Waals surface area contributed by atoms with Gasteiger partial charge in [-0.3, -0.25) is 14.5 Å². The topological polar surface area (TPSA) is 55.8 Å². The Balaban J connectivity index is 1.86. The minimum atomic E-state index is -0.383. The molecule has 2 aromatic carbocycles. The van der Waals surface area contributed by atoms with Crippen LogP contribution in [0, 0.1) is 6.92 Å². The van der Waals surface area contributed by atoms with Crippen molar-refractivity contribution >= 4 is 11.8 Å². The van der Waals surface area contributed by atoms with Gasteiger partial charge in [-0.05, 0) is 36.8 Å². The Labute approximate surface area is 128 Å². The Hall–Kier alpha value is -2.82. The summed E-state index contributed by atoms with van der Waals surface area (Å²) in [5.74, 6) is 0.402. The van der Waals surface area contributed by atoms with Gasteiger partial charge in [-0.2, -0.15) is 0 Å². The van der Waals surface area contributed by atoms with Gasteiger partial charge >= 0.3 is 0 Å². The van der Waals surface area contributed by atoms with Crippen LogP contribution in [0.15, 0.2) is 42.5 Å². The summed E-state index contributed by atoms with van der Waals surface area (Å²) in [6.45, 7) is 1.98. The molecular formula is C17H15NO4. The Bertz CT molecular complexity index is 754. The fourth-order valence-corrected chi connectivity index (χ4v) is 2.31. The molecule has 1 aliphatic heterocycles. The third-order valence-corrected chi connectivity index (χ3v) is 3.60. The van der Waals surface area contributed by atoms with E-state index in [1.165, 1.54) is 7.05 Å². The first-order valence-corrected chi connectivity index (χ1v) is 6.85. The normalized spacial score (nSPS) is 12.1. The molecule has 5 heteroatoms. The van der Waals surface area contributed by atoms with Crippen LogP contribution in [0.25, 0.3) is 0 Å². The summed E-state index contributed by atoms with van der Waals surface area (Å²) in [5, 5.41) is 0. The van der Waals surface area contributed by atoms with Gasteiger partial charge in [-0.1, -0.05) is 18.2 Å². The van der Waals surface area contributed by atoms with Crippen molar-refractivity contribution in [2.75, 3.05) is 13.8 Å². The predicted octanol–water partition coefficient (Wildman–Crippen LogP) is 2.64. The first-order chi connectivity index (χ1) is 10.6. The average molecular weight is 297 g/mol. The average Bonchev–Trinajstić information content (AvgIpc) is 3.00. The minimum Gasteiger partial charge on any atom is -0.454 e. The van der Waals surface area contributed by atoms with Crippen LogP contribution in [0.3, 0.4) is 0 Å². The monoisotopic (exact) mass is 297 g/mol. The van der Waals surface area contributed by atoms with E-state index in [9.17, 15) is 9.59 Å². The van der Waals surface area contributed by atoms with Crippen LogP contribution in [0.4, 0.5) is 0 Å². The summed E-state index contributed by atoms with van der Waals surface area (Å²) in [7, 11) is 1.47. The van der Waals surface area contributed by atoms with E-state index in [-0.39, 0.29) is 18.6 Å². The van der Waals surface area contributed by atoms with Gasteiger partial charge in [0.15, 0.2) is 11.5 Å². The molecule has 22 heavy (non-hydrogen) atoms. The lowest BCUT2D eigenvalue weighted by Crippen LogP contribution is -2.33. The van der Waals surface area contributed by atoms with Gasteiger partial charge < -0.3 is 9.47 Å². The third kappa shape index (κ3) is 2.41. The number of ether oxygens (including phenoxy) is 2. The van der Waals surface area contributed by atoms with E-state index in [1.807, 2.05) is 19.1 Å². The van der Waals surface area contributed by atoms with Crippen molar-refractivity contribution < 1.29 is 19.1 Å². The predicted molar refractivity (Wildman–Crippen MR) is 80.2 cm³/mol. The molecule has 0 bridgehead atoms. The number of aryl methyl sites for hydroxylation is 1. The summed E-state index contributed by atoms with van der Waals surface area (Å²) < 4.78 is 10.5. The number of amides is 2. The highest BCUT2D eigenvalue weighted by Gasteiger charge is 2.23. The van der Waals surface area contributed by atoms with E-state index in [1.54, 1.807) is 30.3 Å². The molecule has 2 amide bonds. The molecule has 0 unspecified atom stereocenters. The lowest BCUT2D eigenvalue weighted by Gasteiger charge is -2.17. The van der Waals surface area contributed by atoms with Crippen molar-refractivity contribution in [3.8, 4) is 11.5 Å². The van der Waals surface area contributed by atoms with Crippen LogP contribution in [0.5, 0.6) is 11.5 Å². The molecule has 1 aliphatic rings. The fraction of sp³-hybridized carbons (Fsp3) is 0.176. The molecule has 1 heterocycles. The number of hydrogen-bond acceptors (Lipinski definition) is 4. The first-order valence-electron chi connectivity index (χ1n) is 6.85. The summed E-state index contributed by atoms with van der Waals surface area (Å²) in [6.07, 6.45) is 0. The van der Waals surface area contributed by atoms with Crippen molar-refractivity contribution in [2.45, 2.75) is 6.92 Å². The van der Waals surface area contributed by atoms with Crippen LogP contribution >= 0.6 is 0 Å². The number of carbonyl (C=O) groups excluding carboxylic acids is 2. The lowest BCUT2D eigenvalue weighted by molar-refractivity contribution is 0.0655. The molecular weight excluding hydrogens is 282 g/mol. The van der Waals surface area contributed by atoms with Gasteiger partial charge in [0.1, 0.15) is 0 Å². The van der Waals surface area contributed by atoms with E-state index in [0.29, 0.717) is 22.6 Å². The summed E-state index contributed by atoms with van der Waals surface area (Å²) >= 11 is 0. The molecule has 3 rings (SSSR count). The Kier molecular flexibility index (Phi) is 3.55. The Morgan fingerprint density at radius 3 is 2.50 bits per heavy atom. The second-order valence-corrected chi connectivity index (χ2v) is 5.05. The van der Waals surface area contributed by atoms with Crippen molar-refractivity contribution in [3.63, 3.8) is 0 Å². The molecule has 0 atom stereocenters. The second kappa shape index (κ2) is 5.52. The zero-order valence-corrected chi connectivity index (χ0v) is 12.3. The molecule has 0 aromatic heterocycles. The number of carbonyl (C=O) groups is 2. The van der Waals surface area contributed by atoms with Crippen molar-refractivity contribution in [3.05, 3.63) is 59.2 Å². The van der Waals surface area contributed by atoms with Gasteiger partial charge in [0.2, 0.25) is 6.79 Å². The maximum absolute atomic E-state index is 12.5. The number of imide groups is 1. The van der Waals surface area contributed by atoms with E-state index in [2.05, 4.69) is 0 Å². The molecule has 5 nitrogen and oxygen atoms in total. The van der Waals surface area contributed by atoms with E-state index in [4.69, 9.17) is 9.47 Å². The van der Waals surface area contributed by atoms with Crippen LogP contribution in [0.2, 0.25) is 0 Å². The second-order valence-electron chi connectivity index (χ2n) is 5.05. The molecule has 0 radical (unpaired) electrons. The number of benzene rings is 2. The highest BCUT2D eigenvalue weighted by atomic mass is 16.7. The number of hydrogen-bond donors (Lipinski definition) is 0. The lowest BCUT2D eigenvalue weighted by atomic mass is 10.1. The Morgan fingerprint density at radius 2 is 1.73 bits per heavy atom. The van der Waals surface area contributed by atoms with Crippen LogP contribution in [0.1, 0.15) is 26.3 Å². The first kappa shape index (κ1) is 14.1. The SMILES string of the molecule is Cc1ccccc1C(=O)N(C)C(=O)c1ccc2c(c1)OCO2. The van der Waals surface area contributed by atoms with Gasteiger partial charge in [0, 0.05) is 18.2 Å². The van der Waals surface area contributed by atoms with Crippen LogP contribution in [-0.4, -0.2) is 30.6 Å². The maximum atomic E-state index is 12.5. The van der Waals surface area contributed by atoms with Gasteiger partial charge in [-0.15, -0.1) is 0 Å². The van der Waals surface area contributed by atoms with E-state index < -0.39 is 0 Å². The quantitative estimate of drug-likeness (QED) is 0.800. The number of fused-ring (bicyclic) bond motifs is 1. The molecule has 0 saturated heterocycles. The maximum Gasteiger partial charge on any atom is 0.260 e. The molecule has 112 valence electrons. The van der Waals surface area contributed by atoms with E-state index >= 15 is 0 Å². The highest BCUT2D eigenvalue weighted by Crippen LogP contribution is 2.32. The molecule has 0 spiro atoms. The van der Waals surface area contributed by atoms with Crippen molar-refractivity contribution in [2.24, 2.45) is 0 Å². The van der Waals surface area contributed by atoms with Crippen LogP contribution in [-0.2, 0) is 0 Å². The summed E-state index contributed by atoms with van der Waals surface area (Å²) in [5.41, 5.74) is 1.73. The largest absolute Gasteiger partial charge is 0.454 e. The van der Waals surface area contributed by atoms with E-state index in [0.717, 1.165) is 10.5 Å².